The number of benzene rings is 2. The van der Waals surface area contributed by atoms with Crippen molar-refractivity contribution in [2.45, 2.75) is 19.5 Å². The summed E-state index contributed by atoms with van der Waals surface area (Å²) < 4.78 is 39.2. The Morgan fingerprint density at radius 3 is 2.36 bits per heavy atom. The Bertz CT molecular complexity index is 931. The van der Waals surface area contributed by atoms with E-state index in [1.807, 2.05) is 5.43 Å². The van der Waals surface area contributed by atoms with E-state index in [9.17, 15) is 32.7 Å². The zero-order valence-electron chi connectivity index (χ0n) is 14.4. The zero-order chi connectivity index (χ0) is 21.1. The number of hydrogen-bond donors (Lipinski definition) is 2. The van der Waals surface area contributed by atoms with Crippen LogP contribution in [0.2, 0.25) is 0 Å². The number of hydrogen-bond acceptors (Lipinski definition) is 3. The zero-order valence-corrected chi connectivity index (χ0v) is 16.0. The maximum atomic E-state index is 12.8. The number of anilines is 1. The van der Waals surface area contributed by atoms with Crippen molar-refractivity contribution in [3.05, 3.63) is 63.6 Å². The summed E-state index contributed by atoms with van der Waals surface area (Å²) in [6.07, 6.45) is -6.85. The molecule has 0 aliphatic heterocycles. The second kappa shape index (κ2) is 8.42. The van der Waals surface area contributed by atoms with Crippen LogP contribution < -0.4 is 10.4 Å². The standard InChI is InChI=1S/C18H14BrF3N2O4/c1-10-7-13(5-6-14(10)18(20,21)22)24(17(27)28)23-16(26)9-15(25)11-3-2-4-12(19)8-11/h2-8H,9H2,1H3,(H,23,26)(H,27,28). The minimum Gasteiger partial charge on any atom is -0.463 e. The number of rotatable bonds is 4. The fourth-order valence-electron chi connectivity index (χ4n) is 2.40. The first kappa shape index (κ1) is 21.4. The fraction of sp³-hybridized carbons (Fsp3) is 0.167. The van der Waals surface area contributed by atoms with Crippen molar-refractivity contribution in [3.8, 4) is 0 Å². The Balaban J connectivity index is 2.17. The summed E-state index contributed by atoms with van der Waals surface area (Å²) in [6, 6.07) is 8.91. The molecule has 2 N–H and O–H groups in total. The monoisotopic (exact) mass is 458 g/mol. The van der Waals surface area contributed by atoms with E-state index in [-0.39, 0.29) is 16.8 Å². The van der Waals surface area contributed by atoms with E-state index >= 15 is 0 Å². The van der Waals surface area contributed by atoms with Crippen LogP contribution in [-0.4, -0.2) is 22.9 Å². The molecule has 0 radical (unpaired) electrons. The molecule has 2 rings (SSSR count). The van der Waals surface area contributed by atoms with Crippen LogP contribution in [0.25, 0.3) is 0 Å². The molecule has 0 saturated carbocycles. The van der Waals surface area contributed by atoms with E-state index in [1.165, 1.54) is 19.1 Å². The number of aryl methyl sites for hydroxylation is 1. The van der Waals surface area contributed by atoms with E-state index in [0.717, 1.165) is 18.2 Å². The summed E-state index contributed by atoms with van der Waals surface area (Å²) in [7, 11) is 0. The number of halogens is 4. The lowest BCUT2D eigenvalue weighted by atomic mass is 10.1. The van der Waals surface area contributed by atoms with Crippen LogP contribution in [0.4, 0.5) is 23.7 Å². The summed E-state index contributed by atoms with van der Waals surface area (Å²) >= 11 is 3.19. The molecule has 0 heterocycles. The predicted octanol–water partition coefficient (Wildman–Crippen LogP) is 4.56. The Morgan fingerprint density at radius 1 is 1.14 bits per heavy atom. The van der Waals surface area contributed by atoms with Crippen LogP contribution in [0, 0.1) is 6.92 Å². The van der Waals surface area contributed by atoms with Crippen LogP contribution in [0.3, 0.4) is 0 Å². The smallest absolute Gasteiger partial charge is 0.431 e. The Hall–Kier alpha value is -2.88. The van der Waals surface area contributed by atoms with Crippen LogP contribution in [0.5, 0.6) is 0 Å². The van der Waals surface area contributed by atoms with Gasteiger partial charge in [-0.3, -0.25) is 15.0 Å². The number of carbonyl (C=O) groups excluding carboxylic acids is 2. The largest absolute Gasteiger partial charge is 0.463 e. The van der Waals surface area contributed by atoms with Gasteiger partial charge in [0.15, 0.2) is 5.78 Å². The van der Waals surface area contributed by atoms with E-state index in [2.05, 4.69) is 15.9 Å². The molecule has 0 fully saturated rings. The highest BCUT2D eigenvalue weighted by Crippen LogP contribution is 2.33. The first-order chi connectivity index (χ1) is 13.0. The number of alkyl halides is 3. The molecule has 0 spiro atoms. The SMILES string of the molecule is Cc1cc(N(NC(=O)CC(=O)c2cccc(Br)c2)C(=O)O)ccc1C(F)(F)F. The highest BCUT2D eigenvalue weighted by atomic mass is 79.9. The molecule has 6 nitrogen and oxygen atoms in total. The second-order valence-electron chi connectivity index (χ2n) is 5.76. The van der Waals surface area contributed by atoms with Crippen molar-refractivity contribution >= 4 is 39.4 Å². The molecule has 0 aliphatic rings. The lowest BCUT2D eigenvalue weighted by molar-refractivity contribution is -0.138. The number of carbonyl (C=O) groups is 3. The molecule has 2 aromatic rings. The van der Waals surface area contributed by atoms with Gasteiger partial charge in [0.2, 0.25) is 5.91 Å². The van der Waals surface area contributed by atoms with Gasteiger partial charge in [-0.05, 0) is 42.8 Å². The molecule has 2 aromatic carbocycles. The van der Waals surface area contributed by atoms with Crippen LogP contribution in [0.1, 0.15) is 27.9 Å². The van der Waals surface area contributed by atoms with Crippen molar-refractivity contribution in [3.63, 3.8) is 0 Å². The highest BCUT2D eigenvalue weighted by Gasteiger charge is 2.33. The topological polar surface area (TPSA) is 86.7 Å². The Kier molecular flexibility index (Phi) is 6.45. The van der Waals surface area contributed by atoms with Gasteiger partial charge in [0.1, 0.15) is 0 Å². The molecule has 0 bridgehead atoms. The maximum Gasteiger partial charge on any atom is 0.431 e. The van der Waals surface area contributed by atoms with Gasteiger partial charge >= 0.3 is 12.3 Å². The third kappa shape index (κ3) is 5.32. The number of carboxylic acid groups (broad SMARTS) is 1. The van der Waals surface area contributed by atoms with Gasteiger partial charge < -0.3 is 5.11 Å². The number of nitrogens with one attached hydrogen (secondary N) is 1. The Morgan fingerprint density at radius 2 is 1.82 bits per heavy atom. The number of nitrogens with zero attached hydrogens (tertiary/aromatic N) is 1. The summed E-state index contributed by atoms with van der Waals surface area (Å²) in [5, 5.41) is 9.65. The fourth-order valence-corrected chi connectivity index (χ4v) is 2.80. The van der Waals surface area contributed by atoms with E-state index in [4.69, 9.17) is 0 Å². The third-order valence-electron chi connectivity index (χ3n) is 3.67. The molecule has 0 saturated heterocycles. The van der Waals surface area contributed by atoms with Crippen molar-refractivity contribution in [2.75, 3.05) is 5.01 Å². The average Bonchev–Trinajstić information content (AvgIpc) is 2.58. The van der Waals surface area contributed by atoms with Gasteiger partial charge in [-0.2, -0.15) is 18.2 Å². The predicted molar refractivity (Wildman–Crippen MR) is 97.9 cm³/mol. The molecule has 0 unspecified atom stereocenters. The first-order valence-electron chi connectivity index (χ1n) is 7.78. The minimum atomic E-state index is -4.59. The molecular formula is C18H14BrF3N2O4. The van der Waals surface area contributed by atoms with Crippen molar-refractivity contribution in [1.82, 2.24) is 5.43 Å². The molecule has 148 valence electrons. The van der Waals surface area contributed by atoms with Crippen LogP contribution in [-0.2, 0) is 11.0 Å². The molecule has 28 heavy (non-hydrogen) atoms. The van der Waals surface area contributed by atoms with Gasteiger partial charge in [0.05, 0.1) is 17.7 Å². The molecule has 0 aliphatic carbocycles. The molecule has 0 aromatic heterocycles. The Labute approximate surface area is 166 Å². The normalized spacial score (nSPS) is 11.0. The number of ketones is 1. The summed E-state index contributed by atoms with van der Waals surface area (Å²) in [5.74, 6) is -1.47. The van der Waals surface area contributed by atoms with Crippen LogP contribution in [0.15, 0.2) is 46.9 Å². The third-order valence-corrected chi connectivity index (χ3v) is 4.16. The summed E-state index contributed by atoms with van der Waals surface area (Å²) in [6.45, 7) is 1.17. The molecular weight excluding hydrogens is 445 g/mol. The van der Waals surface area contributed by atoms with E-state index < -0.39 is 35.9 Å². The van der Waals surface area contributed by atoms with Crippen molar-refractivity contribution in [1.29, 1.82) is 0 Å². The maximum absolute atomic E-state index is 12.8. The van der Waals surface area contributed by atoms with Crippen LogP contribution >= 0.6 is 15.9 Å². The van der Waals surface area contributed by atoms with E-state index in [0.29, 0.717) is 9.48 Å². The molecule has 10 heteroatoms. The number of amides is 2. The summed E-state index contributed by atoms with van der Waals surface area (Å²) in [5.41, 5.74) is 0.937. The van der Waals surface area contributed by atoms with Crippen molar-refractivity contribution < 1.29 is 32.7 Å². The molecule has 2 amide bonds. The minimum absolute atomic E-state index is 0.193. The first-order valence-corrected chi connectivity index (χ1v) is 8.57. The lowest BCUT2D eigenvalue weighted by Gasteiger charge is -2.21. The van der Waals surface area contributed by atoms with Gasteiger partial charge in [0, 0.05) is 10.0 Å². The highest BCUT2D eigenvalue weighted by molar-refractivity contribution is 9.10. The second-order valence-corrected chi connectivity index (χ2v) is 6.68. The number of hydrazine groups is 1. The van der Waals surface area contributed by atoms with Gasteiger partial charge in [0.25, 0.3) is 0 Å². The lowest BCUT2D eigenvalue weighted by Crippen LogP contribution is -2.46. The van der Waals surface area contributed by atoms with E-state index in [1.54, 1.807) is 12.1 Å². The average molecular weight is 459 g/mol. The van der Waals surface area contributed by atoms with Gasteiger partial charge in [-0.25, -0.2) is 4.79 Å². The van der Waals surface area contributed by atoms with Gasteiger partial charge in [-0.15, -0.1) is 0 Å². The van der Waals surface area contributed by atoms with Crippen molar-refractivity contribution in [2.24, 2.45) is 0 Å². The summed E-state index contributed by atoms with van der Waals surface area (Å²) in [4.78, 5) is 35.6. The van der Waals surface area contributed by atoms with Gasteiger partial charge in [-0.1, -0.05) is 28.1 Å². The molecule has 0 atom stereocenters. The quantitative estimate of drug-likeness (QED) is 0.399. The number of Topliss-reactive ketones (excluding diaryl/α,β-unsaturated/α-hetero) is 1.